The molecule has 2 aromatic heterocycles. The number of allylic oxidation sites excluding steroid dienone is 1. The summed E-state index contributed by atoms with van der Waals surface area (Å²) in [6, 6.07) is 5.57. The fraction of sp³-hybridized carbons (Fsp3) is 0.167. The summed E-state index contributed by atoms with van der Waals surface area (Å²) in [5.41, 5.74) is 3.32. The summed E-state index contributed by atoms with van der Waals surface area (Å²) in [6.45, 7) is 2.05. The maximum absolute atomic E-state index is 7.45. The van der Waals surface area contributed by atoms with Crippen molar-refractivity contribution in [3.63, 3.8) is 0 Å². The number of fused-ring (bicyclic) bond motifs is 1. The molecule has 3 aromatic rings. The van der Waals surface area contributed by atoms with Gasteiger partial charge in [-0.25, -0.2) is 9.97 Å². The van der Waals surface area contributed by atoms with Crippen LogP contribution < -0.4 is 15.4 Å². The monoisotopic (exact) mass is 387 g/mol. The van der Waals surface area contributed by atoms with Gasteiger partial charge in [-0.2, -0.15) is 0 Å². The van der Waals surface area contributed by atoms with E-state index in [0.29, 0.717) is 22.4 Å². The van der Waals surface area contributed by atoms with Crippen LogP contribution in [0.25, 0.3) is 21.3 Å². The molecule has 0 saturated carbocycles. The Morgan fingerprint density at radius 3 is 2.88 bits per heavy atom. The van der Waals surface area contributed by atoms with Gasteiger partial charge in [0, 0.05) is 40.5 Å². The van der Waals surface area contributed by atoms with Crippen molar-refractivity contribution < 1.29 is 4.74 Å². The van der Waals surface area contributed by atoms with Crippen LogP contribution in [0.2, 0.25) is 5.02 Å². The van der Waals surface area contributed by atoms with Crippen LogP contribution in [-0.4, -0.2) is 30.3 Å². The van der Waals surface area contributed by atoms with Gasteiger partial charge in [-0.15, -0.1) is 11.3 Å². The summed E-state index contributed by atoms with van der Waals surface area (Å²) >= 11 is 7.72. The number of anilines is 1. The van der Waals surface area contributed by atoms with E-state index < -0.39 is 0 Å². The molecule has 2 heterocycles. The van der Waals surface area contributed by atoms with Crippen molar-refractivity contribution in [3.8, 4) is 16.9 Å². The predicted molar refractivity (Wildman–Crippen MR) is 109 cm³/mol. The standard InChI is InChI=1S/C18H18ClN5OS/c1-10-16(13-5-4-11(19)6-14(13)25-3)17-15(26-10)9-22-18(24-17)23-12(7-20)8-21-2/h4-9,20-21H,1-3H3,(H,22,23,24)/b12-8+,20-7?. The minimum Gasteiger partial charge on any atom is -0.496 e. The van der Waals surface area contributed by atoms with Crippen LogP contribution >= 0.6 is 22.9 Å². The molecule has 8 heteroatoms. The van der Waals surface area contributed by atoms with Crippen LogP contribution in [0.15, 0.2) is 36.3 Å². The van der Waals surface area contributed by atoms with Crippen LogP contribution in [0.4, 0.5) is 5.95 Å². The number of aryl methyl sites for hydroxylation is 1. The van der Waals surface area contributed by atoms with E-state index in [2.05, 4.69) is 20.6 Å². The number of rotatable bonds is 6. The molecule has 134 valence electrons. The Morgan fingerprint density at radius 1 is 1.38 bits per heavy atom. The second-order valence-electron chi connectivity index (χ2n) is 5.44. The molecule has 0 atom stereocenters. The predicted octanol–water partition coefficient (Wildman–Crippen LogP) is 4.45. The SMILES string of the molecule is CN/C=C(\C=N)Nc1ncc2sc(C)c(-c3ccc(Cl)cc3OC)c2n1. The summed E-state index contributed by atoms with van der Waals surface area (Å²) in [5.74, 6) is 1.12. The first-order valence-corrected chi connectivity index (χ1v) is 9.01. The van der Waals surface area contributed by atoms with Gasteiger partial charge in [0.15, 0.2) is 0 Å². The van der Waals surface area contributed by atoms with Crippen LogP contribution in [0.1, 0.15) is 4.88 Å². The third-order valence-electron chi connectivity index (χ3n) is 3.75. The van der Waals surface area contributed by atoms with E-state index in [1.54, 1.807) is 44.0 Å². The van der Waals surface area contributed by atoms with Gasteiger partial charge in [0.2, 0.25) is 5.95 Å². The molecule has 0 aliphatic heterocycles. The second-order valence-corrected chi connectivity index (χ2v) is 7.13. The Balaban J connectivity index is 2.14. The van der Waals surface area contributed by atoms with Crippen molar-refractivity contribution in [2.75, 3.05) is 19.5 Å². The van der Waals surface area contributed by atoms with E-state index in [1.165, 1.54) is 6.21 Å². The molecule has 0 bridgehead atoms. The molecule has 0 aliphatic carbocycles. The number of aromatic nitrogens is 2. The first kappa shape index (κ1) is 18.2. The van der Waals surface area contributed by atoms with Gasteiger partial charge in [-0.3, -0.25) is 0 Å². The number of benzene rings is 1. The Bertz CT molecular complexity index is 999. The average molecular weight is 388 g/mol. The minimum atomic E-state index is 0.425. The van der Waals surface area contributed by atoms with Crippen molar-refractivity contribution in [2.45, 2.75) is 6.92 Å². The largest absolute Gasteiger partial charge is 0.496 e. The molecule has 0 unspecified atom stereocenters. The molecule has 0 aliphatic rings. The van der Waals surface area contributed by atoms with Gasteiger partial charge in [-0.05, 0) is 25.1 Å². The fourth-order valence-corrected chi connectivity index (χ4v) is 3.81. The third-order valence-corrected chi connectivity index (χ3v) is 5.02. The van der Waals surface area contributed by atoms with Crippen LogP contribution in [0, 0.1) is 12.3 Å². The van der Waals surface area contributed by atoms with E-state index in [-0.39, 0.29) is 0 Å². The zero-order valence-corrected chi connectivity index (χ0v) is 16.1. The Morgan fingerprint density at radius 2 is 2.19 bits per heavy atom. The Hall–Kier alpha value is -2.64. The average Bonchev–Trinajstić information content (AvgIpc) is 2.96. The van der Waals surface area contributed by atoms with Gasteiger partial charge in [0.05, 0.1) is 29.2 Å². The van der Waals surface area contributed by atoms with Crippen LogP contribution in [0.5, 0.6) is 5.75 Å². The molecule has 1 aromatic carbocycles. The molecule has 6 nitrogen and oxygen atoms in total. The molecule has 0 radical (unpaired) electrons. The number of nitrogens with one attached hydrogen (secondary N) is 3. The molecular weight excluding hydrogens is 370 g/mol. The summed E-state index contributed by atoms with van der Waals surface area (Å²) in [5, 5.41) is 14.0. The van der Waals surface area contributed by atoms with Gasteiger partial charge in [-0.1, -0.05) is 11.6 Å². The van der Waals surface area contributed by atoms with E-state index in [9.17, 15) is 0 Å². The van der Waals surface area contributed by atoms with Crippen molar-refractivity contribution in [3.05, 3.63) is 46.2 Å². The van der Waals surface area contributed by atoms with Crippen LogP contribution in [-0.2, 0) is 0 Å². The van der Waals surface area contributed by atoms with E-state index in [0.717, 1.165) is 26.2 Å². The number of hydrogen-bond donors (Lipinski definition) is 3. The van der Waals surface area contributed by atoms with E-state index >= 15 is 0 Å². The highest BCUT2D eigenvalue weighted by atomic mass is 35.5. The van der Waals surface area contributed by atoms with Crippen molar-refractivity contribution in [1.82, 2.24) is 15.3 Å². The first-order valence-electron chi connectivity index (χ1n) is 7.82. The normalized spacial score (nSPS) is 11.5. The Labute approximate surface area is 160 Å². The summed E-state index contributed by atoms with van der Waals surface area (Å²) in [7, 11) is 3.39. The number of nitrogens with zero attached hydrogens (tertiary/aromatic N) is 2. The molecule has 0 amide bonds. The number of thiophene rings is 1. The lowest BCUT2D eigenvalue weighted by Gasteiger charge is -2.10. The van der Waals surface area contributed by atoms with Crippen molar-refractivity contribution >= 4 is 45.3 Å². The number of ether oxygens (including phenoxy) is 1. The summed E-state index contributed by atoms with van der Waals surface area (Å²) < 4.78 is 6.49. The second kappa shape index (κ2) is 7.72. The molecule has 0 fully saturated rings. The molecule has 3 rings (SSSR count). The summed E-state index contributed by atoms with van der Waals surface area (Å²) in [6.07, 6.45) is 4.66. The number of hydrogen-bond acceptors (Lipinski definition) is 7. The lowest BCUT2D eigenvalue weighted by Crippen LogP contribution is -2.08. The first-order chi connectivity index (χ1) is 12.6. The van der Waals surface area contributed by atoms with Gasteiger partial charge in [0.25, 0.3) is 0 Å². The van der Waals surface area contributed by atoms with Crippen LogP contribution in [0.3, 0.4) is 0 Å². The zero-order valence-electron chi connectivity index (χ0n) is 14.6. The van der Waals surface area contributed by atoms with E-state index in [4.69, 9.17) is 21.7 Å². The maximum Gasteiger partial charge on any atom is 0.227 e. The highest BCUT2D eigenvalue weighted by Crippen LogP contribution is 2.42. The van der Waals surface area contributed by atoms with Gasteiger partial charge in [0.1, 0.15) is 5.75 Å². The molecule has 0 spiro atoms. The number of methoxy groups -OCH3 is 1. The lowest BCUT2D eigenvalue weighted by molar-refractivity contribution is 0.416. The molecule has 3 N–H and O–H groups in total. The highest BCUT2D eigenvalue weighted by molar-refractivity contribution is 7.19. The van der Waals surface area contributed by atoms with E-state index in [1.807, 2.05) is 19.1 Å². The minimum absolute atomic E-state index is 0.425. The molecular formula is C18H18ClN5OS. The Kier molecular flexibility index (Phi) is 5.39. The number of halogens is 1. The third kappa shape index (κ3) is 3.49. The van der Waals surface area contributed by atoms with Gasteiger partial charge < -0.3 is 20.8 Å². The maximum atomic E-state index is 7.45. The zero-order chi connectivity index (χ0) is 18.7. The quantitative estimate of drug-likeness (QED) is 0.544. The van der Waals surface area contributed by atoms with Crippen molar-refractivity contribution in [2.24, 2.45) is 0 Å². The highest BCUT2D eigenvalue weighted by Gasteiger charge is 2.17. The van der Waals surface area contributed by atoms with Crippen molar-refractivity contribution in [1.29, 1.82) is 5.41 Å². The summed E-state index contributed by atoms with van der Waals surface area (Å²) in [4.78, 5) is 10.1. The fourth-order valence-electron chi connectivity index (χ4n) is 2.65. The molecule has 0 saturated heterocycles. The lowest BCUT2D eigenvalue weighted by atomic mass is 10.0. The smallest absolute Gasteiger partial charge is 0.227 e. The van der Waals surface area contributed by atoms with Gasteiger partial charge >= 0.3 is 0 Å². The molecule has 26 heavy (non-hydrogen) atoms. The topological polar surface area (TPSA) is 82.9 Å².